The molecule has 7 heteroatoms. The number of imidazole rings is 1. The molecule has 19 heavy (non-hydrogen) atoms. The lowest BCUT2D eigenvalue weighted by Gasteiger charge is -2.14. The van der Waals surface area contributed by atoms with E-state index in [0.717, 1.165) is 18.7 Å². The zero-order chi connectivity index (χ0) is 12.8. The molecule has 0 N–H and O–H groups in total. The Labute approximate surface area is 114 Å². The first-order chi connectivity index (χ1) is 9.33. The Bertz CT molecular complexity index is 759. The fourth-order valence-corrected chi connectivity index (χ4v) is 2.78. The van der Waals surface area contributed by atoms with Crippen molar-refractivity contribution >= 4 is 17.4 Å². The topological polar surface area (TPSA) is 60.9 Å². The van der Waals surface area contributed by atoms with Crippen LogP contribution in [0.1, 0.15) is 24.2 Å². The lowest BCUT2D eigenvalue weighted by atomic mass is 10.0. The summed E-state index contributed by atoms with van der Waals surface area (Å²) in [6.07, 6.45) is 7.79. The molecule has 3 heterocycles. The molecule has 0 aliphatic heterocycles. The SMILES string of the molecule is Clc1cc(-n2cnc3c2CCCC3)n2ncnc2n1. The maximum atomic E-state index is 6.05. The first-order valence-electron chi connectivity index (χ1n) is 6.25. The molecule has 96 valence electrons. The Balaban J connectivity index is 1.99. The van der Waals surface area contributed by atoms with Gasteiger partial charge in [-0.1, -0.05) is 11.6 Å². The second-order valence-corrected chi connectivity index (χ2v) is 5.01. The van der Waals surface area contributed by atoms with Crippen molar-refractivity contribution in [3.63, 3.8) is 0 Å². The standard InChI is InChI=1S/C12H11ClN6/c13-10-5-11(19-12(17-10)14-6-16-19)18-7-15-8-3-1-2-4-9(8)18/h5-7H,1-4H2. The summed E-state index contributed by atoms with van der Waals surface area (Å²) in [6.45, 7) is 0. The van der Waals surface area contributed by atoms with Crippen molar-refractivity contribution in [2.75, 3.05) is 0 Å². The molecule has 0 unspecified atom stereocenters. The predicted octanol–water partition coefficient (Wildman–Crippen LogP) is 1.84. The van der Waals surface area contributed by atoms with Gasteiger partial charge in [0.05, 0.1) is 5.69 Å². The number of hydrogen-bond donors (Lipinski definition) is 0. The molecule has 4 rings (SSSR count). The third kappa shape index (κ3) is 1.63. The number of halogens is 1. The van der Waals surface area contributed by atoms with E-state index in [0.29, 0.717) is 10.9 Å². The molecule has 1 aliphatic carbocycles. The summed E-state index contributed by atoms with van der Waals surface area (Å²) < 4.78 is 3.73. The molecular formula is C12H11ClN6. The van der Waals surface area contributed by atoms with Crippen molar-refractivity contribution in [2.45, 2.75) is 25.7 Å². The van der Waals surface area contributed by atoms with Crippen molar-refractivity contribution in [1.29, 1.82) is 0 Å². The molecule has 1 aliphatic rings. The second-order valence-electron chi connectivity index (χ2n) is 4.62. The van der Waals surface area contributed by atoms with Crippen LogP contribution in [0.5, 0.6) is 0 Å². The fourth-order valence-electron chi connectivity index (χ4n) is 2.61. The maximum absolute atomic E-state index is 6.05. The van der Waals surface area contributed by atoms with Gasteiger partial charge in [-0.3, -0.25) is 4.57 Å². The van der Waals surface area contributed by atoms with E-state index in [-0.39, 0.29) is 0 Å². The molecule has 0 saturated heterocycles. The van der Waals surface area contributed by atoms with Crippen molar-refractivity contribution < 1.29 is 0 Å². The second kappa shape index (κ2) is 4.03. The number of hydrogen-bond acceptors (Lipinski definition) is 4. The number of aryl methyl sites for hydroxylation is 1. The minimum atomic E-state index is 0.411. The van der Waals surface area contributed by atoms with Gasteiger partial charge in [0.25, 0.3) is 5.78 Å². The lowest BCUT2D eigenvalue weighted by Crippen LogP contribution is -2.10. The van der Waals surface area contributed by atoms with Gasteiger partial charge in [0, 0.05) is 11.8 Å². The van der Waals surface area contributed by atoms with Gasteiger partial charge in [0.1, 0.15) is 23.6 Å². The molecule has 3 aromatic rings. The highest BCUT2D eigenvalue weighted by Crippen LogP contribution is 2.24. The molecular weight excluding hydrogens is 264 g/mol. The van der Waals surface area contributed by atoms with Crippen LogP contribution in [0.25, 0.3) is 11.6 Å². The summed E-state index contributed by atoms with van der Waals surface area (Å²) in [5.41, 5.74) is 2.41. The fraction of sp³-hybridized carbons (Fsp3) is 0.333. The molecule has 0 atom stereocenters. The quantitative estimate of drug-likeness (QED) is 0.635. The molecule has 0 spiro atoms. The minimum absolute atomic E-state index is 0.411. The smallest absolute Gasteiger partial charge is 0.255 e. The van der Waals surface area contributed by atoms with Gasteiger partial charge in [-0.05, 0) is 25.7 Å². The summed E-state index contributed by atoms with van der Waals surface area (Å²) in [7, 11) is 0. The number of nitrogens with zero attached hydrogens (tertiary/aromatic N) is 6. The Hall–Kier alpha value is -1.95. The first kappa shape index (κ1) is 10.9. The summed E-state index contributed by atoms with van der Waals surface area (Å²) >= 11 is 6.05. The largest absolute Gasteiger partial charge is 0.287 e. The van der Waals surface area contributed by atoms with Crippen molar-refractivity contribution in [2.24, 2.45) is 0 Å². The highest BCUT2D eigenvalue weighted by Gasteiger charge is 2.18. The van der Waals surface area contributed by atoms with Crippen LogP contribution < -0.4 is 0 Å². The average molecular weight is 275 g/mol. The van der Waals surface area contributed by atoms with Crippen LogP contribution in [-0.4, -0.2) is 29.1 Å². The molecule has 0 fully saturated rings. The molecule has 0 saturated carbocycles. The highest BCUT2D eigenvalue weighted by atomic mass is 35.5. The van der Waals surface area contributed by atoms with E-state index in [4.69, 9.17) is 11.6 Å². The van der Waals surface area contributed by atoms with Gasteiger partial charge in [0.15, 0.2) is 0 Å². The predicted molar refractivity (Wildman–Crippen MR) is 69.6 cm³/mol. The van der Waals surface area contributed by atoms with Crippen LogP contribution in [-0.2, 0) is 12.8 Å². The summed E-state index contributed by atoms with van der Waals surface area (Å²) in [5, 5.41) is 4.61. The van der Waals surface area contributed by atoms with E-state index in [1.165, 1.54) is 30.6 Å². The van der Waals surface area contributed by atoms with Gasteiger partial charge < -0.3 is 0 Å². The van der Waals surface area contributed by atoms with Crippen LogP contribution in [0.3, 0.4) is 0 Å². The molecule has 0 aromatic carbocycles. The van der Waals surface area contributed by atoms with E-state index in [1.807, 2.05) is 10.9 Å². The van der Waals surface area contributed by atoms with Gasteiger partial charge in [-0.25, -0.2) is 4.98 Å². The zero-order valence-electron chi connectivity index (χ0n) is 10.1. The lowest BCUT2D eigenvalue weighted by molar-refractivity contribution is 0.651. The average Bonchev–Trinajstić information content (AvgIpc) is 3.03. The van der Waals surface area contributed by atoms with Crippen LogP contribution in [0.2, 0.25) is 5.15 Å². The Morgan fingerprint density at radius 2 is 2.05 bits per heavy atom. The Kier molecular flexibility index (Phi) is 2.32. The maximum Gasteiger partial charge on any atom is 0.255 e. The monoisotopic (exact) mass is 274 g/mol. The van der Waals surface area contributed by atoms with Gasteiger partial charge >= 0.3 is 0 Å². The number of fused-ring (bicyclic) bond motifs is 2. The number of aromatic nitrogens is 6. The zero-order valence-corrected chi connectivity index (χ0v) is 10.9. The number of rotatable bonds is 1. The van der Waals surface area contributed by atoms with Gasteiger partial charge in [0.2, 0.25) is 0 Å². The van der Waals surface area contributed by atoms with E-state index in [9.17, 15) is 0 Å². The molecule has 6 nitrogen and oxygen atoms in total. The molecule has 0 amide bonds. The van der Waals surface area contributed by atoms with Crippen molar-refractivity contribution in [3.8, 4) is 5.82 Å². The van der Waals surface area contributed by atoms with Gasteiger partial charge in [-0.2, -0.15) is 19.6 Å². The first-order valence-corrected chi connectivity index (χ1v) is 6.62. The van der Waals surface area contributed by atoms with Crippen molar-refractivity contribution in [3.05, 3.63) is 35.3 Å². The van der Waals surface area contributed by atoms with Crippen molar-refractivity contribution in [1.82, 2.24) is 29.1 Å². The molecule has 3 aromatic heterocycles. The van der Waals surface area contributed by atoms with Gasteiger partial charge in [-0.15, -0.1) is 0 Å². The minimum Gasteiger partial charge on any atom is -0.287 e. The van der Waals surface area contributed by atoms with E-state index < -0.39 is 0 Å². The highest BCUT2D eigenvalue weighted by molar-refractivity contribution is 6.29. The van der Waals surface area contributed by atoms with E-state index in [2.05, 4.69) is 20.1 Å². The third-order valence-corrected chi connectivity index (χ3v) is 3.67. The summed E-state index contributed by atoms with van der Waals surface area (Å²) in [4.78, 5) is 12.7. The van der Waals surface area contributed by atoms with Crippen LogP contribution >= 0.6 is 11.6 Å². The Morgan fingerprint density at radius 1 is 1.16 bits per heavy atom. The Morgan fingerprint density at radius 3 is 3.00 bits per heavy atom. The van der Waals surface area contributed by atoms with Crippen LogP contribution in [0, 0.1) is 0 Å². The van der Waals surface area contributed by atoms with E-state index >= 15 is 0 Å². The summed E-state index contributed by atoms with van der Waals surface area (Å²) in [5.74, 6) is 1.34. The van der Waals surface area contributed by atoms with E-state index in [1.54, 1.807) is 10.6 Å². The van der Waals surface area contributed by atoms with Crippen LogP contribution in [0.15, 0.2) is 18.7 Å². The normalized spacial score (nSPS) is 14.8. The molecule has 0 radical (unpaired) electrons. The molecule has 0 bridgehead atoms. The summed E-state index contributed by atoms with van der Waals surface area (Å²) in [6, 6.07) is 1.79. The van der Waals surface area contributed by atoms with Crippen LogP contribution in [0.4, 0.5) is 0 Å². The third-order valence-electron chi connectivity index (χ3n) is 3.48.